The first-order chi connectivity index (χ1) is 10.0. The number of hydrogen-bond acceptors (Lipinski definition) is 4. The van der Waals surface area contributed by atoms with Gasteiger partial charge in [0.25, 0.3) is 0 Å². The van der Waals surface area contributed by atoms with Crippen molar-refractivity contribution in [3.63, 3.8) is 0 Å². The molecular weight excluding hydrogens is 288 g/mol. The van der Waals surface area contributed by atoms with Gasteiger partial charge in [0.05, 0.1) is 24.4 Å². The molecule has 1 atom stereocenters. The molecule has 2 rings (SSSR count). The number of piperidine rings is 1. The highest BCUT2D eigenvalue weighted by atomic mass is 32.2. The molecule has 116 valence electrons. The first-order valence-electron chi connectivity index (χ1n) is 7.10. The van der Waals surface area contributed by atoms with Crippen molar-refractivity contribution in [2.75, 3.05) is 19.3 Å². The highest BCUT2D eigenvalue weighted by Crippen LogP contribution is 2.17. The van der Waals surface area contributed by atoms with E-state index in [1.54, 1.807) is 29.8 Å². The van der Waals surface area contributed by atoms with Crippen LogP contribution in [0.5, 0.6) is 0 Å². The van der Waals surface area contributed by atoms with Gasteiger partial charge in [0.15, 0.2) is 5.16 Å². The molecule has 1 fully saturated rings. The first-order valence-corrected chi connectivity index (χ1v) is 8.33. The van der Waals surface area contributed by atoms with E-state index >= 15 is 0 Å². The Kier molecular flexibility index (Phi) is 5.27. The molecule has 6 nitrogen and oxygen atoms in total. The molecule has 2 amide bonds. The highest BCUT2D eigenvalue weighted by Gasteiger charge is 2.26. The second-order valence-electron chi connectivity index (χ2n) is 5.32. The van der Waals surface area contributed by atoms with Crippen LogP contribution in [0.1, 0.15) is 25.5 Å². The molecule has 1 aromatic heterocycles. The highest BCUT2D eigenvalue weighted by molar-refractivity contribution is 7.98. The van der Waals surface area contributed by atoms with E-state index in [0.717, 1.165) is 30.2 Å². The van der Waals surface area contributed by atoms with E-state index in [4.69, 9.17) is 0 Å². The fraction of sp³-hybridized carbons (Fsp3) is 0.643. The van der Waals surface area contributed by atoms with Gasteiger partial charge in [-0.2, -0.15) is 0 Å². The molecule has 0 saturated carbocycles. The number of likely N-dealkylation sites (tertiary alicyclic amines) is 1. The lowest BCUT2D eigenvalue weighted by atomic mass is 9.97. The second-order valence-corrected chi connectivity index (χ2v) is 6.09. The summed E-state index contributed by atoms with van der Waals surface area (Å²) in [6.07, 6.45) is 5.50. The summed E-state index contributed by atoms with van der Waals surface area (Å²) in [6.45, 7) is 3.32. The quantitative estimate of drug-likeness (QED) is 0.843. The Morgan fingerprint density at radius 2 is 2.29 bits per heavy atom. The summed E-state index contributed by atoms with van der Waals surface area (Å²) in [6, 6.07) is 0. The lowest BCUT2D eigenvalue weighted by molar-refractivity contribution is -0.134. The van der Waals surface area contributed by atoms with Crippen LogP contribution in [0.25, 0.3) is 0 Å². The lowest BCUT2D eigenvalue weighted by Crippen LogP contribution is -2.44. The van der Waals surface area contributed by atoms with Gasteiger partial charge in [-0.15, -0.1) is 0 Å². The summed E-state index contributed by atoms with van der Waals surface area (Å²) < 4.78 is 1.98. The largest absolute Gasteiger partial charge is 0.350 e. The van der Waals surface area contributed by atoms with Crippen LogP contribution in [0.3, 0.4) is 0 Å². The maximum Gasteiger partial charge on any atom is 0.225 e. The van der Waals surface area contributed by atoms with Gasteiger partial charge in [-0.3, -0.25) is 9.59 Å². The lowest BCUT2D eigenvalue weighted by Gasteiger charge is -2.31. The van der Waals surface area contributed by atoms with E-state index in [0.29, 0.717) is 13.1 Å². The van der Waals surface area contributed by atoms with Crippen LogP contribution in [0.4, 0.5) is 0 Å². The van der Waals surface area contributed by atoms with Gasteiger partial charge < -0.3 is 14.8 Å². The van der Waals surface area contributed by atoms with Crippen molar-refractivity contribution in [1.82, 2.24) is 19.8 Å². The summed E-state index contributed by atoms with van der Waals surface area (Å²) in [5.74, 6) is -0.0347. The Hall–Kier alpha value is -1.50. The standard InChI is InChI=1S/C14H22N4O2S/c1-10(19)18-6-4-5-11(9-18)13(20)15-7-12-8-16-14(21-3)17(12)2/h8,11H,4-7,9H2,1-3H3,(H,15,20)/t11-/m0/s1. The van der Waals surface area contributed by atoms with Crippen LogP contribution in [0.2, 0.25) is 0 Å². The van der Waals surface area contributed by atoms with Crippen LogP contribution in [-0.4, -0.2) is 45.6 Å². The van der Waals surface area contributed by atoms with Gasteiger partial charge in [0, 0.05) is 27.1 Å². The van der Waals surface area contributed by atoms with Crippen molar-refractivity contribution in [3.8, 4) is 0 Å². The minimum absolute atomic E-state index is 0.0212. The number of nitrogens with zero attached hydrogens (tertiary/aromatic N) is 3. The van der Waals surface area contributed by atoms with E-state index < -0.39 is 0 Å². The number of imidazole rings is 1. The number of aromatic nitrogens is 2. The fourth-order valence-electron chi connectivity index (χ4n) is 2.58. The van der Waals surface area contributed by atoms with Gasteiger partial charge in [0.2, 0.25) is 11.8 Å². The minimum atomic E-state index is -0.101. The summed E-state index contributed by atoms with van der Waals surface area (Å²) in [5, 5.41) is 3.89. The molecule has 1 aliphatic rings. The molecular formula is C14H22N4O2S. The molecule has 0 aromatic carbocycles. The minimum Gasteiger partial charge on any atom is -0.350 e. The Bertz CT molecular complexity index is 529. The molecule has 1 saturated heterocycles. The molecule has 7 heteroatoms. The number of thioether (sulfide) groups is 1. The van der Waals surface area contributed by atoms with Gasteiger partial charge in [-0.1, -0.05) is 11.8 Å². The number of nitrogens with one attached hydrogen (secondary N) is 1. The number of carbonyl (C=O) groups excluding carboxylic acids is 2. The zero-order chi connectivity index (χ0) is 15.4. The fourth-order valence-corrected chi connectivity index (χ4v) is 3.13. The topological polar surface area (TPSA) is 67.2 Å². The Labute approximate surface area is 129 Å². The summed E-state index contributed by atoms with van der Waals surface area (Å²) in [4.78, 5) is 29.7. The summed E-state index contributed by atoms with van der Waals surface area (Å²) >= 11 is 1.58. The van der Waals surface area contributed by atoms with E-state index in [1.165, 1.54) is 0 Å². The second kappa shape index (κ2) is 6.98. The smallest absolute Gasteiger partial charge is 0.225 e. The van der Waals surface area contributed by atoms with Gasteiger partial charge in [-0.05, 0) is 19.1 Å². The van der Waals surface area contributed by atoms with Crippen LogP contribution < -0.4 is 5.32 Å². The molecule has 1 aliphatic heterocycles. The average molecular weight is 310 g/mol. The Morgan fingerprint density at radius 1 is 1.52 bits per heavy atom. The molecule has 0 bridgehead atoms. The molecule has 0 spiro atoms. The number of amides is 2. The normalized spacial score (nSPS) is 18.6. The van der Waals surface area contributed by atoms with Crippen molar-refractivity contribution in [2.24, 2.45) is 13.0 Å². The first kappa shape index (κ1) is 15.9. The maximum atomic E-state index is 12.2. The molecule has 0 radical (unpaired) electrons. The molecule has 1 aromatic rings. The third-order valence-corrected chi connectivity index (χ3v) is 4.65. The molecule has 2 heterocycles. The zero-order valence-corrected chi connectivity index (χ0v) is 13.6. The van der Waals surface area contributed by atoms with E-state index in [9.17, 15) is 9.59 Å². The molecule has 0 unspecified atom stereocenters. The number of hydrogen-bond donors (Lipinski definition) is 1. The monoisotopic (exact) mass is 310 g/mol. The summed E-state index contributed by atoms with van der Waals surface area (Å²) in [5.41, 5.74) is 0.979. The van der Waals surface area contributed by atoms with Crippen molar-refractivity contribution in [1.29, 1.82) is 0 Å². The number of carbonyl (C=O) groups is 2. The van der Waals surface area contributed by atoms with Crippen molar-refractivity contribution in [3.05, 3.63) is 11.9 Å². The van der Waals surface area contributed by atoms with Crippen LogP contribution in [0, 0.1) is 5.92 Å². The van der Waals surface area contributed by atoms with Crippen molar-refractivity contribution >= 4 is 23.6 Å². The SMILES string of the molecule is CSc1ncc(CNC(=O)[C@H]2CCCN(C(C)=O)C2)n1C. The van der Waals surface area contributed by atoms with Gasteiger partial charge in [-0.25, -0.2) is 4.98 Å². The van der Waals surface area contributed by atoms with Crippen LogP contribution in [-0.2, 0) is 23.2 Å². The van der Waals surface area contributed by atoms with Crippen LogP contribution in [0.15, 0.2) is 11.4 Å². The van der Waals surface area contributed by atoms with E-state index in [1.807, 2.05) is 17.9 Å². The van der Waals surface area contributed by atoms with Crippen molar-refractivity contribution < 1.29 is 9.59 Å². The third kappa shape index (κ3) is 3.78. The van der Waals surface area contributed by atoms with Crippen molar-refractivity contribution in [2.45, 2.75) is 31.5 Å². The Balaban J connectivity index is 1.89. The Morgan fingerprint density at radius 3 is 2.90 bits per heavy atom. The predicted molar refractivity (Wildman–Crippen MR) is 81.8 cm³/mol. The predicted octanol–water partition coefficient (Wildman–Crippen LogP) is 1.02. The van der Waals surface area contributed by atoms with Crippen LogP contribution >= 0.6 is 11.8 Å². The van der Waals surface area contributed by atoms with Gasteiger partial charge >= 0.3 is 0 Å². The maximum absolute atomic E-state index is 12.2. The molecule has 0 aliphatic carbocycles. The third-order valence-electron chi connectivity index (χ3n) is 3.91. The average Bonchev–Trinajstić information content (AvgIpc) is 2.85. The number of rotatable bonds is 4. The van der Waals surface area contributed by atoms with Gasteiger partial charge in [0.1, 0.15) is 0 Å². The molecule has 21 heavy (non-hydrogen) atoms. The molecule has 1 N–H and O–H groups in total. The van der Waals surface area contributed by atoms with E-state index in [2.05, 4.69) is 10.3 Å². The zero-order valence-electron chi connectivity index (χ0n) is 12.8. The van der Waals surface area contributed by atoms with E-state index in [-0.39, 0.29) is 17.7 Å². The summed E-state index contributed by atoms with van der Waals surface area (Å²) in [7, 11) is 1.94.